The Hall–Kier alpha value is -2.08. The van der Waals surface area contributed by atoms with E-state index >= 15 is 0 Å². The lowest BCUT2D eigenvalue weighted by atomic mass is 10.1. The minimum Gasteiger partial charge on any atom is -0.325 e. The summed E-state index contributed by atoms with van der Waals surface area (Å²) < 4.78 is 1.48. The summed E-state index contributed by atoms with van der Waals surface area (Å²) in [5.74, 6) is -0.0466. The molecule has 0 saturated carbocycles. The Morgan fingerprint density at radius 3 is 2.94 bits per heavy atom. The highest BCUT2D eigenvalue weighted by Crippen LogP contribution is 2.04. The zero-order valence-electron chi connectivity index (χ0n) is 9.50. The van der Waals surface area contributed by atoms with Crippen LogP contribution in [0.5, 0.6) is 0 Å². The molecular weight excluding hydrogens is 218 g/mol. The molecule has 0 amide bonds. The van der Waals surface area contributed by atoms with Gasteiger partial charge in [-0.15, -0.1) is 5.10 Å². The molecule has 0 aliphatic carbocycles. The molecule has 17 heavy (non-hydrogen) atoms. The van der Waals surface area contributed by atoms with Gasteiger partial charge in [-0.2, -0.15) is 0 Å². The van der Waals surface area contributed by atoms with Crippen molar-refractivity contribution in [3.05, 3.63) is 41.5 Å². The number of nitrogens with two attached hydrogens (primary N) is 1. The maximum absolute atomic E-state index is 11.9. The summed E-state index contributed by atoms with van der Waals surface area (Å²) in [7, 11) is 0. The number of carbonyl (C=O) groups is 1. The zero-order chi connectivity index (χ0) is 12.3. The predicted molar refractivity (Wildman–Crippen MR) is 61.2 cm³/mol. The molecular formula is C11H13N5O. The van der Waals surface area contributed by atoms with Crippen molar-refractivity contribution in [2.24, 2.45) is 5.73 Å². The molecule has 0 atom stereocenters. The summed E-state index contributed by atoms with van der Waals surface area (Å²) in [5, 5.41) is 7.64. The van der Waals surface area contributed by atoms with Gasteiger partial charge in [0.05, 0.1) is 11.9 Å². The van der Waals surface area contributed by atoms with Crippen molar-refractivity contribution in [1.29, 1.82) is 0 Å². The maximum atomic E-state index is 11.9. The van der Waals surface area contributed by atoms with Crippen LogP contribution in [0.15, 0.2) is 24.7 Å². The van der Waals surface area contributed by atoms with Crippen molar-refractivity contribution in [3.63, 3.8) is 0 Å². The first kappa shape index (κ1) is 11.4. The van der Waals surface area contributed by atoms with Gasteiger partial charge in [0.25, 0.3) is 0 Å². The minimum atomic E-state index is -0.0466. The summed E-state index contributed by atoms with van der Waals surface area (Å²) in [6.07, 6.45) is 4.93. The molecule has 0 aromatic carbocycles. The number of Topliss-reactive ketones (excluding diaryl/α,β-unsaturated/α-hetero) is 1. The average molecular weight is 231 g/mol. The number of hydrogen-bond acceptors (Lipinski definition) is 5. The highest BCUT2D eigenvalue weighted by Gasteiger charge is 2.08. The number of hydrogen-bond donors (Lipinski definition) is 1. The normalized spacial score (nSPS) is 10.5. The Balaban J connectivity index is 2.11. The van der Waals surface area contributed by atoms with Gasteiger partial charge in [-0.05, 0) is 18.6 Å². The third kappa shape index (κ3) is 2.73. The summed E-state index contributed by atoms with van der Waals surface area (Å²) in [6.45, 7) is 2.37. The van der Waals surface area contributed by atoms with Crippen molar-refractivity contribution < 1.29 is 4.79 Å². The maximum Gasteiger partial charge on any atom is 0.185 e. The van der Waals surface area contributed by atoms with Crippen LogP contribution in [0.4, 0.5) is 0 Å². The van der Waals surface area contributed by atoms with Gasteiger partial charge in [0.1, 0.15) is 6.54 Å². The Morgan fingerprint density at radius 2 is 2.29 bits per heavy atom. The SMILES string of the molecule is Cc1cncc(C(=O)Cn2cc(CN)nn2)c1. The second-order valence-corrected chi connectivity index (χ2v) is 3.79. The number of aryl methyl sites for hydroxylation is 1. The smallest absolute Gasteiger partial charge is 0.185 e. The van der Waals surface area contributed by atoms with Gasteiger partial charge in [-0.25, -0.2) is 4.68 Å². The lowest BCUT2D eigenvalue weighted by Crippen LogP contribution is -2.11. The fourth-order valence-corrected chi connectivity index (χ4v) is 1.46. The van der Waals surface area contributed by atoms with E-state index in [-0.39, 0.29) is 12.3 Å². The molecule has 0 aliphatic heterocycles. The summed E-state index contributed by atoms with van der Waals surface area (Å²) in [4.78, 5) is 15.9. The summed E-state index contributed by atoms with van der Waals surface area (Å²) in [5.41, 5.74) is 7.62. The van der Waals surface area contributed by atoms with Gasteiger partial charge < -0.3 is 5.73 Å². The number of nitrogens with zero attached hydrogens (tertiary/aromatic N) is 4. The highest BCUT2D eigenvalue weighted by atomic mass is 16.1. The molecule has 0 spiro atoms. The van der Waals surface area contributed by atoms with Gasteiger partial charge in [0, 0.05) is 24.5 Å². The Morgan fingerprint density at radius 1 is 1.47 bits per heavy atom. The molecule has 2 heterocycles. The van der Waals surface area contributed by atoms with Crippen LogP contribution >= 0.6 is 0 Å². The monoisotopic (exact) mass is 231 g/mol. The van der Waals surface area contributed by atoms with E-state index in [0.717, 1.165) is 5.56 Å². The molecule has 2 N–H and O–H groups in total. The molecule has 0 bridgehead atoms. The number of carbonyl (C=O) groups excluding carboxylic acids is 1. The largest absolute Gasteiger partial charge is 0.325 e. The van der Waals surface area contributed by atoms with E-state index in [2.05, 4.69) is 15.3 Å². The van der Waals surface area contributed by atoms with E-state index in [1.165, 1.54) is 4.68 Å². The van der Waals surface area contributed by atoms with Crippen LogP contribution in [0.25, 0.3) is 0 Å². The molecule has 0 aliphatic rings. The number of ketones is 1. The molecule has 6 nitrogen and oxygen atoms in total. The van der Waals surface area contributed by atoms with Crippen LogP contribution in [-0.4, -0.2) is 25.8 Å². The first-order valence-electron chi connectivity index (χ1n) is 5.23. The van der Waals surface area contributed by atoms with E-state index in [1.54, 1.807) is 24.7 Å². The predicted octanol–water partition coefficient (Wildman–Crippen LogP) is 0.323. The van der Waals surface area contributed by atoms with E-state index in [9.17, 15) is 4.79 Å². The van der Waals surface area contributed by atoms with Gasteiger partial charge in [0.15, 0.2) is 5.78 Å². The first-order chi connectivity index (χ1) is 8.19. The standard InChI is InChI=1S/C11H13N5O/c1-8-2-9(5-13-4-8)11(17)7-16-6-10(3-12)14-15-16/h2,4-6H,3,7,12H2,1H3. The van der Waals surface area contributed by atoms with Crippen LogP contribution in [0.3, 0.4) is 0 Å². The van der Waals surface area contributed by atoms with E-state index in [1.807, 2.05) is 6.92 Å². The quantitative estimate of drug-likeness (QED) is 0.766. The molecule has 2 rings (SSSR count). The van der Waals surface area contributed by atoms with Gasteiger partial charge in [-0.3, -0.25) is 9.78 Å². The lowest BCUT2D eigenvalue weighted by Gasteiger charge is -2.01. The molecule has 0 saturated heterocycles. The van der Waals surface area contributed by atoms with Crippen molar-refractivity contribution in [3.8, 4) is 0 Å². The number of rotatable bonds is 4. The number of pyridine rings is 1. The molecule has 2 aromatic rings. The molecule has 0 radical (unpaired) electrons. The fourth-order valence-electron chi connectivity index (χ4n) is 1.46. The zero-order valence-corrected chi connectivity index (χ0v) is 9.50. The fraction of sp³-hybridized carbons (Fsp3) is 0.273. The second kappa shape index (κ2) is 4.84. The average Bonchev–Trinajstić information content (AvgIpc) is 2.77. The second-order valence-electron chi connectivity index (χ2n) is 3.79. The van der Waals surface area contributed by atoms with Crippen LogP contribution < -0.4 is 5.73 Å². The van der Waals surface area contributed by atoms with E-state index < -0.39 is 0 Å². The van der Waals surface area contributed by atoms with Crippen molar-refractivity contribution in [1.82, 2.24) is 20.0 Å². The van der Waals surface area contributed by atoms with Gasteiger partial charge in [-0.1, -0.05) is 5.21 Å². The van der Waals surface area contributed by atoms with Crippen LogP contribution in [-0.2, 0) is 13.1 Å². The highest BCUT2D eigenvalue weighted by molar-refractivity contribution is 5.95. The van der Waals surface area contributed by atoms with Crippen LogP contribution in [0.2, 0.25) is 0 Å². The van der Waals surface area contributed by atoms with E-state index in [4.69, 9.17) is 5.73 Å². The summed E-state index contributed by atoms with van der Waals surface area (Å²) >= 11 is 0. The Bertz CT molecular complexity index is 534. The molecule has 0 fully saturated rings. The molecule has 6 heteroatoms. The molecule has 88 valence electrons. The van der Waals surface area contributed by atoms with Crippen LogP contribution in [0, 0.1) is 6.92 Å². The summed E-state index contributed by atoms with van der Waals surface area (Å²) in [6, 6.07) is 1.80. The van der Waals surface area contributed by atoms with Gasteiger partial charge >= 0.3 is 0 Å². The van der Waals surface area contributed by atoms with Crippen molar-refractivity contribution >= 4 is 5.78 Å². The lowest BCUT2D eigenvalue weighted by molar-refractivity contribution is 0.0966. The Kier molecular flexibility index (Phi) is 3.24. The Labute approximate surface area is 98.5 Å². The van der Waals surface area contributed by atoms with Crippen molar-refractivity contribution in [2.45, 2.75) is 20.0 Å². The molecule has 2 aromatic heterocycles. The third-order valence-corrected chi connectivity index (χ3v) is 2.30. The van der Waals surface area contributed by atoms with E-state index in [0.29, 0.717) is 17.8 Å². The van der Waals surface area contributed by atoms with Crippen molar-refractivity contribution in [2.75, 3.05) is 0 Å². The first-order valence-corrected chi connectivity index (χ1v) is 5.23. The topological polar surface area (TPSA) is 86.7 Å². The number of aromatic nitrogens is 4. The van der Waals surface area contributed by atoms with Gasteiger partial charge in [0.2, 0.25) is 0 Å². The minimum absolute atomic E-state index is 0.0466. The van der Waals surface area contributed by atoms with Crippen LogP contribution in [0.1, 0.15) is 21.6 Å². The third-order valence-electron chi connectivity index (χ3n) is 2.30. The molecule has 0 unspecified atom stereocenters.